The molecule has 0 rings (SSSR count). The second-order valence-electron chi connectivity index (χ2n) is 8.96. The Labute approximate surface area is 155 Å². The van der Waals surface area contributed by atoms with E-state index in [4.69, 9.17) is 0 Å². The molecule has 0 saturated heterocycles. The van der Waals surface area contributed by atoms with E-state index in [0.29, 0.717) is 0 Å². The third kappa shape index (κ3) is 16.8. The summed E-state index contributed by atoms with van der Waals surface area (Å²) in [7, 11) is 0. The molecular formula is C24H50. The Balaban J connectivity index is 3.35. The monoisotopic (exact) mass is 338 g/mol. The fraction of sp³-hybridized carbons (Fsp3) is 1.00. The van der Waals surface area contributed by atoms with E-state index in [2.05, 4.69) is 34.6 Å². The Bertz CT molecular complexity index is 230. The summed E-state index contributed by atoms with van der Waals surface area (Å²) < 4.78 is 0. The lowest BCUT2D eigenvalue weighted by atomic mass is 9.86. The van der Waals surface area contributed by atoms with E-state index < -0.39 is 0 Å². The highest BCUT2D eigenvalue weighted by molar-refractivity contribution is 4.63. The molecule has 0 N–H and O–H groups in total. The van der Waals surface area contributed by atoms with E-state index in [1.807, 2.05) is 0 Å². The molecule has 24 heavy (non-hydrogen) atoms. The summed E-state index contributed by atoms with van der Waals surface area (Å²) in [6, 6.07) is 0. The molecule has 0 heterocycles. The van der Waals surface area contributed by atoms with E-state index in [9.17, 15) is 0 Å². The van der Waals surface area contributed by atoms with Gasteiger partial charge in [-0.1, -0.05) is 137 Å². The van der Waals surface area contributed by atoms with E-state index in [-0.39, 0.29) is 0 Å². The standard InChI is InChI=1S/C24H50/c1-6-7-8-9-10-11-12-13-17-20-23(4)24(5)21-18-15-14-16-19-22(2)3/h22-24H,6-21H2,1-5H3. The molecule has 0 nitrogen and oxygen atoms in total. The summed E-state index contributed by atoms with van der Waals surface area (Å²) in [5, 5.41) is 0. The van der Waals surface area contributed by atoms with Crippen LogP contribution in [0.5, 0.6) is 0 Å². The second-order valence-corrected chi connectivity index (χ2v) is 8.96. The van der Waals surface area contributed by atoms with Crippen LogP contribution in [0, 0.1) is 17.8 Å². The molecule has 0 aromatic rings. The summed E-state index contributed by atoms with van der Waals surface area (Å²) in [5.41, 5.74) is 0. The van der Waals surface area contributed by atoms with Crippen LogP contribution < -0.4 is 0 Å². The van der Waals surface area contributed by atoms with Gasteiger partial charge < -0.3 is 0 Å². The summed E-state index contributed by atoms with van der Waals surface area (Å²) in [5.74, 6) is 2.76. The van der Waals surface area contributed by atoms with Gasteiger partial charge in [0.1, 0.15) is 0 Å². The van der Waals surface area contributed by atoms with Gasteiger partial charge in [-0.25, -0.2) is 0 Å². The van der Waals surface area contributed by atoms with Gasteiger partial charge in [0.15, 0.2) is 0 Å². The van der Waals surface area contributed by atoms with Gasteiger partial charge in [-0.3, -0.25) is 0 Å². The zero-order valence-electron chi connectivity index (χ0n) is 18.0. The van der Waals surface area contributed by atoms with Crippen molar-refractivity contribution in [2.75, 3.05) is 0 Å². The van der Waals surface area contributed by atoms with Crippen molar-refractivity contribution in [3.63, 3.8) is 0 Å². The number of hydrogen-bond acceptors (Lipinski definition) is 0. The largest absolute Gasteiger partial charge is 0.0654 e. The molecule has 0 spiro atoms. The summed E-state index contributed by atoms with van der Waals surface area (Å²) in [6.07, 6.45) is 23.3. The number of rotatable bonds is 18. The first-order chi connectivity index (χ1) is 11.6. The SMILES string of the molecule is CCCCCCCCCCCC(C)C(C)CCCCCCC(C)C. The summed E-state index contributed by atoms with van der Waals surface area (Å²) in [6.45, 7) is 12.0. The van der Waals surface area contributed by atoms with Gasteiger partial charge in [0.05, 0.1) is 0 Å². The van der Waals surface area contributed by atoms with Gasteiger partial charge in [0, 0.05) is 0 Å². The van der Waals surface area contributed by atoms with Crippen molar-refractivity contribution >= 4 is 0 Å². The maximum absolute atomic E-state index is 2.49. The van der Waals surface area contributed by atoms with Gasteiger partial charge >= 0.3 is 0 Å². The van der Waals surface area contributed by atoms with Gasteiger partial charge in [-0.05, 0) is 17.8 Å². The highest BCUT2D eigenvalue weighted by atomic mass is 14.2. The van der Waals surface area contributed by atoms with Crippen LogP contribution in [0.4, 0.5) is 0 Å². The molecule has 0 heteroatoms. The minimum Gasteiger partial charge on any atom is -0.0654 e. The maximum Gasteiger partial charge on any atom is -0.0417 e. The van der Waals surface area contributed by atoms with E-state index in [1.54, 1.807) is 0 Å². The fourth-order valence-electron chi connectivity index (χ4n) is 3.72. The molecule has 0 saturated carbocycles. The second kappa shape index (κ2) is 17.8. The van der Waals surface area contributed by atoms with Gasteiger partial charge in [0.25, 0.3) is 0 Å². The average molecular weight is 339 g/mol. The fourth-order valence-corrected chi connectivity index (χ4v) is 3.72. The van der Waals surface area contributed by atoms with Crippen LogP contribution in [0.3, 0.4) is 0 Å². The van der Waals surface area contributed by atoms with Crippen molar-refractivity contribution < 1.29 is 0 Å². The minimum atomic E-state index is 0.889. The smallest absolute Gasteiger partial charge is 0.0417 e. The van der Waals surface area contributed by atoms with E-state index in [0.717, 1.165) is 17.8 Å². The molecular weight excluding hydrogens is 288 g/mol. The summed E-state index contributed by atoms with van der Waals surface area (Å²) >= 11 is 0. The van der Waals surface area contributed by atoms with Crippen molar-refractivity contribution in [3.8, 4) is 0 Å². The van der Waals surface area contributed by atoms with Crippen molar-refractivity contribution in [2.45, 2.75) is 137 Å². The van der Waals surface area contributed by atoms with Gasteiger partial charge in [-0.15, -0.1) is 0 Å². The highest BCUT2D eigenvalue weighted by Crippen LogP contribution is 2.24. The lowest BCUT2D eigenvalue weighted by Gasteiger charge is -2.20. The normalized spacial score (nSPS) is 14.2. The minimum absolute atomic E-state index is 0.889. The third-order valence-electron chi connectivity index (χ3n) is 5.93. The number of hydrogen-bond donors (Lipinski definition) is 0. The molecule has 0 bridgehead atoms. The predicted molar refractivity (Wildman–Crippen MR) is 113 cm³/mol. The molecule has 0 fully saturated rings. The zero-order chi connectivity index (χ0) is 18.0. The van der Waals surface area contributed by atoms with Crippen LogP contribution >= 0.6 is 0 Å². The Hall–Kier alpha value is 0. The van der Waals surface area contributed by atoms with E-state index in [1.165, 1.54) is 103 Å². The first-order valence-corrected chi connectivity index (χ1v) is 11.6. The molecule has 0 amide bonds. The molecule has 2 atom stereocenters. The molecule has 0 aliphatic rings. The predicted octanol–water partition coefficient (Wildman–Crippen LogP) is 9.18. The van der Waals surface area contributed by atoms with Crippen LogP contribution in [0.15, 0.2) is 0 Å². The average Bonchev–Trinajstić information content (AvgIpc) is 2.55. The van der Waals surface area contributed by atoms with Crippen molar-refractivity contribution in [2.24, 2.45) is 17.8 Å². The van der Waals surface area contributed by atoms with Gasteiger partial charge in [-0.2, -0.15) is 0 Å². The van der Waals surface area contributed by atoms with Crippen molar-refractivity contribution in [1.82, 2.24) is 0 Å². The van der Waals surface area contributed by atoms with Crippen LogP contribution in [0.2, 0.25) is 0 Å². The molecule has 146 valence electrons. The first-order valence-electron chi connectivity index (χ1n) is 11.6. The lowest BCUT2D eigenvalue weighted by molar-refractivity contribution is 0.321. The molecule has 0 aliphatic heterocycles. The molecule has 0 aliphatic carbocycles. The Morgan fingerprint density at radius 2 is 0.750 bits per heavy atom. The van der Waals surface area contributed by atoms with Crippen LogP contribution in [-0.2, 0) is 0 Å². The highest BCUT2D eigenvalue weighted by Gasteiger charge is 2.11. The number of unbranched alkanes of at least 4 members (excludes halogenated alkanes) is 11. The maximum atomic E-state index is 2.49. The third-order valence-corrected chi connectivity index (χ3v) is 5.93. The lowest BCUT2D eigenvalue weighted by Crippen LogP contribution is -2.08. The van der Waals surface area contributed by atoms with Crippen LogP contribution in [0.25, 0.3) is 0 Å². The topological polar surface area (TPSA) is 0 Å². The Morgan fingerprint density at radius 3 is 1.12 bits per heavy atom. The summed E-state index contributed by atoms with van der Waals surface area (Å²) in [4.78, 5) is 0. The zero-order valence-corrected chi connectivity index (χ0v) is 18.0. The molecule has 0 aromatic heterocycles. The molecule has 0 radical (unpaired) electrons. The molecule has 0 aromatic carbocycles. The quantitative estimate of drug-likeness (QED) is 0.218. The van der Waals surface area contributed by atoms with Crippen molar-refractivity contribution in [1.29, 1.82) is 0 Å². The molecule has 2 unspecified atom stereocenters. The Kier molecular flexibility index (Phi) is 17.8. The van der Waals surface area contributed by atoms with Crippen molar-refractivity contribution in [3.05, 3.63) is 0 Å². The van der Waals surface area contributed by atoms with Crippen LogP contribution in [-0.4, -0.2) is 0 Å². The van der Waals surface area contributed by atoms with Crippen LogP contribution in [0.1, 0.15) is 137 Å². The Morgan fingerprint density at radius 1 is 0.417 bits per heavy atom. The first kappa shape index (κ1) is 24.0. The van der Waals surface area contributed by atoms with Gasteiger partial charge in [0.2, 0.25) is 0 Å². The van der Waals surface area contributed by atoms with E-state index >= 15 is 0 Å².